The van der Waals surface area contributed by atoms with Crippen molar-refractivity contribution in [2.24, 2.45) is 10.7 Å². The Bertz CT molecular complexity index is 440. The molecule has 0 aromatic carbocycles. The topological polar surface area (TPSA) is 83.6 Å². The average molecular weight is 261 g/mol. The maximum atomic E-state index is 11.9. The Morgan fingerprint density at radius 2 is 2.16 bits per heavy atom. The Morgan fingerprint density at radius 3 is 2.84 bits per heavy atom. The first-order chi connectivity index (χ1) is 9.25. The van der Waals surface area contributed by atoms with Gasteiger partial charge in [0.25, 0.3) is 0 Å². The number of rotatable bonds is 3. The van der Waals surface area contributed by atoms with E-state index >= 15 is 0 Å². The zero-order valence-corrected chi connectivity index (χ0v) is 10.9. The lowest BCUT2D eigenvalue weighted by atomic mass is 10.1. The molecule has 0 radical (unpaired) electrons. The number of piperidine rings is 1. The van der Waals surface area contributed by atoms with Crippen LogP contribution in [0, 0.1) is 0 Å². The highest BCUT2D eigenvalue weighted by atomic mass is 16.2. The maximum absolute atomic E-state index is 11.9. The summed E-state index contributed by atoms with van der Waals surface area (Å²) in [6.07, 6.45) is 5.03. The summed E-state index contributed by atoms with van der Waals surface area (Å²) in [6, 6.07) is 5.45. The number of anilines is 1. The standard InChI is InChI=1S/C13H19N5O/c14-13(17-11-6-2-3-7-15-11)16-10-12(19)18-8-4-1-5-9-18/h2-3,6-7H,1,4-5,8-10H2,(H3,14,15,16,17). The summed E-state index contributed by atoms with van der Waals surface area (Å²) in [5.41, 5.74) is 5.71. The lowest BCUT2D eigenvalue weighted by Crippen LogP contribution is -2.37. The van der Waals surface area contributed by atoms with Gasteiger partial charge in [-0.2, -0.15) is 0 Å². The zero-order chi connectivity index (χ0) is 13.5. The molecular weight excluding hydrogens is 242 g/mol. The van der Waals surface area contributed by atoms with Crippen LogP contribution in [0.5, 0.6) is 0 Å². The van der Waals surface area contributed by atoms with E-state index in [1.54, 1.807) is 12.3 Å². The van der Waals surface area contributed by atoms with E-state index in [0.717, 1.165) is 25.9 Å². The summed E-state index contributed by atoms with van der Waals surface area (Å²) >= 11 is 0. The Kier molecular flexibility index (Phi) is 4.72. The summed E-state index contributed by atoms with van der Waals surface area (Å²) in [7, 11) is 0. The van der Waals surface area contributed by atoms with Gasteiger partial charge in [0, 0.05) is 19.3 Å². The number of hydrogen-bond acceptors (Lipinski definition) is 3. The molecule has 2 heterocycles. The minimum absolute atomic E-state index is 0.0328. The molecule has 0 atom stereocenters. The molecule has 19 heavy (non-hydrogen) atoms. The van der Waals surface area contributed by atoms with Crippen LogP contribution in [0.2, 0.25) is 0 Å². The fourth-order valence-electron chi connectivity index (χ4n) is 2.00. The van der Waals surface area contributed by atoms with Crippen molar-refractivity contribution < 1.29 is 4.79 Å². The highest BCUT2D eigenvalue weighted by molar-refractivity contribution is 5.93. The number of pyridine rings is 1. The summed E-state index contributed by atoms with van der Waals surface area (Å²) in [5.74, 6) is 0.865. The van der Waals surface area contributed by atoms with Gasteiger partial charge in [0.2, 0.25) is 5.91 Å². The normalized spacial score (nSPS) is 16.2. The van der Waals surface area contributed by atoms with E-state index in [1.807, 2.05) is 17.0 Å². The minimum atomic E-state index is 0.0328. The molecule has 1 fully saturated rings. The van der Waals surface area contributed by atoms with Crippen LogP contribution in [-0.2, 0) is 4.79 Å². The summed E-state index contributed by atoms with van der Waals surface area (Å²) in [5, 5.41) is 2.85. The molecule has 6 nitrogen and oxygen atoms in total. The molecule has 6 heteroatoms. The lowest BCUT2D eigenvalue weighted by Gasteiger charge is -2.26. The Hall–Kier alpha value is -2.11. The number of nitrogens with zero attached hydrogens (tertiary/aromatic N) is 3. The largest absolute Gasteiger partial charge is 0.370 e. The highest BCUT2D eigenvalue weighted by Crippen LogP contribution is 2.08. The highest BCUT2D eigenvalue weighted by Gasteiger charge is 2.15. The molecule has 0 aliphatic carbocycles. The summed E-state index contributed by atoms with van der Waals surface area (Å²) in [4.78, 5) is 21.8. The number of aromatic nitrogens is 1. The van der Waals surface area contributed by atoms with Gasteiger partial charge in [-0.15, -0.1) is 0 Å². The van der Waals surface area contributed by atoms with Crippen LogP contribution in [0.4, 0.5) is 5.82 Å². The second-order valence-electron chi connectivity index (χ2n) is 4.48. The number of guanidine groups is 1. The van der Waals surface area contributed by atoms with Crippen LogP contribution in [0.25, 0.3) is 0 Å². The van der Waals surface area contributed by atoms with Crippen LogP contribution in [0.15, 0.2) is 29.4 Å². The van der Waals surface area contributed by atoms with Gasteiger partial charge in [0.15, 0.2) is 5.96 Å². The molecule has 2 rings (SSSR count). The predicted molar refractivity (Wildman–Crippen MR) is 74.8 cm³/mol. The van der Waals surface area contributed by atoms with E-state index in [0.29, 0.717) is 5.82 Å². The molecule has 1 amide bonds. The number of nitrogens with one attached hydrogen (secondary N) is 1. The number of carbonyl (C=O) groups excluding carboxylic acids is 1. The number of likely N-dealkylation sites (tertiary alicyclic amines) is 1. The molecule has 1 aromatic rings. The molecule has 102 valence electrons. The van der Waals surface area contributed by atoms with Crippen molar-refractivity contribution in [1.82, 2.24) is 9.88 Å². The number of aliphatic imine (C=N–C) groups is 1. The van der Waals surface area contributed by atoms with Gasteiger partial charge in [0.05, 0.1) is 0 Å². The van der Waals surface area contributed by atoms with Crippen molar-refractivity contribution in [3.8, 4) is 0 Å². The second kappa shape index (κ2) is 6.72. The van der Waals surface area contributed by atoms with E-state index in [4.69, 9.17) is 5.73 Å². The lowest BCUT2D eigenvalue weighted by molar-refractivity contribution is -0.130. The van der Waals surface area contributed by atoms with E-state index in [9.17, 15) is 4.79 Å². The Balaban J connectivity index is 1.82. The van der Waals surface area contributed by atoms with E-state index in [1.165, 1.54) is 6.42 Å². The molecule has 3 N–H and O–H groups in total. The third kappa shape index (κ3) is 4.24. The maximum Gasteiger partial charge on any atom is 0.244 e. The monoisotopic (exact) mass is 261 g/mol. The van der Waals surface area contributed by atoms with E-state index in [-0.39, 0.29) is 18.4 Å². The number of nitrogens with two attached hydrogens (primary N) is 1. The van der Waals surface area contributed by atoms with Crippen molar-refractivity contribution in [2.45, 2.75) is 19.3 Å². The summed E-state index contributed by atoms with van der Waals surface area (Å²) < 4.78 is 0. The zero-order valence-electron chi connectivity index (χ0n) is 10.9. The van der Waals surface area contributed by atoms with Gasteiger partial charge in [0.1, 0.15) is 12.4 Å². The van der Waals surface area contributed by atoms with Crippen LogP contribution >= 0.6 is 0 Å². The molecule has 0 saturated carbocycles. The van der Waals surface area contributed by atoms with Gasteiger partial charge in [-0.1, -0.05) is 6.07 Å². The van der Waals surface area contributed by atoms with Gasteiger partial charge < -0.3 is 16.0 Å². The van der Waals surface area contributed by atoms with Gasteiger partial charge >= 0.3 is 0 Å². The fraction of sp³-hybridized carbons (Fsp3) is 0.462. The molecule has 1 aliphatic rings. The number of carbonyl (C=O) groups is 1. The minimum Gasteiger partial charge on any atom is -0.370 e. The third-order valence-electron chi connectivity index (χ3n) is 3.01. The quantitative estimate of drug-likeness (QED) is 0.623. The second-order valence-corrected chi connectivity index (χ2v) is 4.48. The molecular formula is C13H19N5O. The molecule has 0 spiro atoms. The van der Waals surface area contributed by atoms with Gasteiger partial charge in [-0.3, -0.25) is 4.79 Å². The first kappa shape index (κ1) is 13.3. The molecule has 1 saturated heterocycles. The van der Waals surface area contributed by atoms with E-state index < -0.39 is 0 Å². The van der Waals surface area contributed by atoms with Crippen molar-refractivity contribution in [2.75, 3.05) is 25.0 Å². The van der Waals surface area contributed by atoms with Crippen LogP contribution in [0.3, 0.4) is 0 Å². The van der Waals surface area contributed by atoms with Crippen LogP contribution < -0.4 is 11.1 Å². The smallest absolute Gasteiger partial charge is 0.244 e. The van der Waals surface area contributed by atoms with Crippen LogP contribution in [-0.4, -0.2) is 41.4 Å². The number of amides is 1. The Labute approximate surface area is 112 Å². The first-order valence-corrected chi connectivity index (χ1v) is 6.51. The molecule has 0 unspecified atom stereocenters. The molecule has 1 aromatic heterocycles. The number of hydrogen-bond donors (Lipinski definition) is 2. The third-order valence-corrected chi connectivity index (χ3v) is 3.01. The van der Waals surface area contributed by atoms with Crippen molar-refractivity contribution in [3.05, 3.63) is 24.4 Å². The van der Waals surface area contributed by atoms with Gasteiger partial charge in [-0.25, -0.2) is 9.98 Å². The average Bonchev–Trinajstić information content (AvgIpc) is 2.47. The molecule has 1 aliphatic heterocycles. The van der Waals surface area contributed by atoms with Crippen molar-refractivity contribution >= 4 is 17.7 Å². The van der Waals surface area contributed by atoms with Crippen molar-refractivity contribution in [1.29, 1.82) is 0 Å². The SMILES string of the molecule is NC(=NCC(=O)N1CCCCC1)Nc1ccccn1. The first-order valence-electron chi connectivity index (χ1n) is 6.51. The van der Waals surface area contributed by atoms with E-state index in [2.05, 4.69) is 15.3 Å². The van der Waals surface area contributed by atoms with Gasteiger partial charge in [-0.05, 0) is 31.4 Å². The Morgan fingerprint density at radius 1 is 1.37 bits per heavy atom. The fourth-order valence-corrected chi connectivity index (χ4v) is 2.00. The van der Waals surface area contributed by atoms with Crippen molar-refractivity contribution in [3.63, 3.8) is 0 Å². The molecule has 0 bridgehead atoms. The summed E-state index contributed by atoms with van der Waals surface area (Å²) in [6.45, 7) is 1.76. The van der Waals surface area contributed by atoms with Crippen LogP contribution in [0.1, 0.15) is 19.3 Å². The predicted octanol–water partition coefficient (Wildman–Crippen LogP) is 0.821.